The summed E-state index contributed by atoms with van der Waals surface area (Å²) in [6.07, 6.45) is 2.15. The lowest BCUT2D eigenvalue weighted by Crippen LogP contribution is -2.47. The lowest BCUT2D eigenvalue weighted by molar-refractivity contribution is -0.123. The molecule has 0 spiro atoms. The van der Waals surface area contributed by atoms with Crippen LogP contribution in [-0.4, -0.2) is 37.6 Å². The molecule has 2 N–H and O–H groups in total. The summed E-state index contributed by atoms with van der Waals surface area (Å²) in [6.45, 7) is 4.73. The molecule has 0 heterocycles. The van der Waals surface area contributed by atoms with E-state index in [0.717, 1.165) is 19.4 Å². The molecule has 1 unspecified atom stereocenters. The van der Waals surface area contributed by atoms with E-state index in [4.69, 9.17) is 0 Å². The predicted molar refractivity (Wildman–Crippen MR) is 54.2 cm³/mol. The second kappa shape index (κ2) is 6.86. The summed E-state index contributed by atoms with van der Waals surface area (Å²) < 4.78 is 0. The van der Waals surface area contributed by atoms with Gasteiger partial charge >= 0.3 is 0 Å². The number of carbonyl (C=O) groups excluding carboxylic acids is 1. The molecule has 0 aliphatic heterocycles. The lowest BCUT2D eigenvalue weighted by atomic mass is 10.3. The van der Waals surface area contributed by atoms with Gasteiger partial charge in [-0.1, -0.05) is 13.3 Å². The molecule has 0 aliphatic carbocycles. The Labute approximate surface area is 80.7 Å². The maximum Gasteiger partial charge on any atom is 0.238 e. The van der Waals surface area contributed by atoms with Gasteiger partial charge in [0.15, 0.2) is 0 Å². The Balaban J connectivity index is 3.57. The Hall–Kier alpha value is -0.610. The first-order valence-electron chi connectivity index (χ1n) is 4.79. The van der Waals surface area contributed by atoms with Gasteiger partial charge in [0.25, 0.3) is 0 Å². The minimum atomic E-state index is -0.160. The largest absolute Gasteiger partial charge is 0.355 e. The van der Waals surface area contributed by atoms with E-state index in [1.807, 2.05) is 21.0 Å². The standard InChI is InChI=1S/C9H21N3O/c1-5-6-7-10-9(13)8(2)11-12(3)4/h8,11H,5-7H2,1-4H3,(H,10,13). The quantitative estimate of drug-likeness (QED) is 0.466. The van der Waals surface area contributed by atoms with E-state index in [2.05, 4.69) is 17.7 Å². The maximum atomic E-state index is 11.4. The number of amides is 1. The molecule has 0 saturated heterocycles. The molecule has 1 amide bonds. The highest BCUT2D eigenvalue weighted by Gasteiger charge is 2.11. The van der Waals surface area contributed by atoms with Gasteiger partial charge in [0.1, 0.15) is 0 Å². The summed E-state index contributed by atoms with van der Waals surface area (Å²) in [5.74, 6) is 0.0575. The molecule has 0 rings (SSSR count). The van der Waals surface area contributed by atoms with Gasteiger partial charge < -0.3 is 5.32 Å². The fourth-order valence-electron chi connectivity index (χ4n) is 0.987. The van der Waals surface area contributed by atoms with Crippen LogP contribution in [0, 0.1) is 0 Å². The topological polar surface area (TPSA) is 44.4 Å². The van der Waals surface area contributed by atoms with Crippen molar-refractivity contribution in [3.8, 4) is 0 Å². The van der Waals surface area contributed by atoms with Crippen molar-refractivity contribution in [3.05, 3.63) is 0 Å². The molecule has 0 aliphatic rings. The molecule has 0 fully saturated rings. The second-order valence-corrected chi connectivity index (χ2v) is 3.39. The zero-order chi connectivity index (χ0) is 10.3. The highest BCUT2D eigenvalue weighted by atomic mass is 16.2. The zero-order valence-electron chi connectivity index (χ0n) is 9.05. The summed E-state index contributed by atoms with van der Waals surface area (Å²) in [5, 5.41) is 4.64. The smallest absolute Gasteiger partial charge is 0.238 e. The fraction of sp³-hybridized carbons (Fsp3) is 0.889. The molecule has 0 aromatic carbocycles. The number of unbranched alkanes of at least 4 members (excludes halogenated alkanes) is 1. The highest BCUT2D eigenvalue weighted by molar-refractivity contribution is 5.81. The van der Waals surface area contributed by atoms with Crippen molar-refractivity contribution >= 4 is 5.91 Å². The van der Waals surface area contributed by atoms with Crippen molar-refractivity contribution in [1.29, 1.82) is 0 Å². The number of rotatable bonds is 6. The van der Waals surface area contributed by atoms with Crippen LogP contribution in [0.4, 0.5) is 0 Å². The first-order chi connectivity index (χ1) is 6.07. The predicted octanol–water partition coefficient (Wildman–Crippen LogP) is 0.357. The maximum absolute atomic E-state index is 11.4. The van der Waals surface area contributed by atoms with Gasteiger partial charge in [0, 0.05) is 20.6 Å². The Bertz CT molecular complexity index is 148. The SMILES string of the molecule is CCCCNC(=O)C(C)NN(C)C. The minimum Gasteiger partial charge on any atom is -0.355 e. The van der Waals surface area contributed by atoms with Crippen molar-refractivity contribution in [2.45, 2.75) is 32.7 Å². The summed E-state index contributed by atoms with van der Waals surface area (Å²) in [5.41, 5.74) is 2.99. The van der Waals surface area contributed by atoms with Gasteiger partial charge in [0.2, 0.25) is 5.91 Å². The monoisotopic (exact) mass is 187 g/mol. The zero-order valence-corrected chi connectivity index (χ0v) is 9.05. The molecule has 1 atom stereocenters. The van der Waals surface area contributed by atoms with Crippen molar-refractivity contribution in [1.82, 2.24) is 15.8 Å². The van der Waals surface area contributed by atoms with E-state index in [0.29, 0.717) is 0 Å². The number of nitrogens with zero attached hydrogens (tertiary/aromatic N) is 1. The van der Waals surface area contributed by atoms with E-state index < -0.39 is 0 Å². The van der Waals surface area contributed by atoms with Gasteiger partial charge in [0.05, 0.1) is 6.04 Å². The molecule has 13 heavy (non-hydrogen) atoms. The molecular formula is C9H21N3O. The fourth-order valence-corrected chi connectivity index (χ4v) is 0.987. The van der Waals surface area contributed by atoms with Crippen LogP contribution in [0.25, 0.3) is 0 Å². The van der Waals surface area contributed by atoms with E-state index in [9.17, 15) is 4.79 Å². The average Bonchev–Trinajstić information content (AvgIpc) is 2.03. The van der Waals surface area contributed by atoms with Crippen LogP contribution in [0.1, 0.15) is 26.7 Å². The number of carbonyl (C=O) groups is 1. The van der Waals surface area contributed by atoms with Crippen LogP contribution in [0.2, 0.25) is 0 Å². The van der Waals surface area contributed by atoms with Crippen LogP contribution >= 0.6 is 0 Å². The molecule has 78 valence electrons. The van der Waals surface area contributed by atoms with Gasteiger partial charge in [-0.3, -0.25) is 4.79 Å². The van der Waals surface area contributed by atoms with Gasteiger partial charge in [-0.15, -0.1) is 0 Å². The third kappa shape index (κ3) is 6.54. The van der Waals surface area contributed by atoms with E-state index in [1.165, 1.54) is 0 Å². The Morgan fingerprint density at radius 2 is 2.08 bits per heavy atom. The lowest BCUT2D eigenvalue weighted by Gasteiger charge is -2.18. The molecule has 0 bridgehead atoms. The number of nitrogens with one attached hydrogen (secondary N) is 2. The first-order valence-corrected chi connectivity index (χ1v) is 4.79. The third-order valence-electron chi connectivity index (χ3n) is 1.67. The van der Waals surface area contributed by atoms with E-state index in [-0.39, 0.29) is 11.9 Å². The molecule has 0 aromatic heterocycles. The van der Waals surface area contributed by atoms with E-state index >= 15 is 0 Å². The molecule has 0 radical (unpaired) electrons. The molecule has 0 saturated carbocycles. The van der Waals surface area contributed by atoms with Crippen molar-refractivity contribution < 1.29 is 4.79 Å². The van der Waals surface area contributed by atoms with Crippen molar-refractivity contribution in [2.24, 2.45) is 0 Å². The first kappa shape index (κ1) is 12.4. The van der Waals surface area contributed by atoms with Crippen LogP contribution in [0.15, 0.2) is 0 Å². The van der Waals surface area contributed by atoms with Crippen molar-refractivity contribution in [2.75, 3.05) is 20.6 Å². The van der Waals surface area contributed by atoms with Crippen molar-refractivity contribution in [3.63, 3.8) is 0 Å². The number of hydrazine groups is 1. The normalized spacial score (nSPS) is 13.0. The van der Waals surface area contributed by atoms with Gasteiger partial charge in [-0.25, -0.2) is 10.4 Å². The average molecular weight is 187 g/mol. The number of hydrogen-bond donors (Lipinski definition) is 2. The molecule has 4 heteroatoms. The Kier molecular flexibility index (Phi) is 6.54. The van der Waals surface area contributed by atoms with Gasteiger partial charge in [-0.2, -0.15) is 0 Å². The van der Waals surface area contributed by atoms with Crippen LogP contribution < -0.4 is 10.7 Å². The minimum absolute atomic E-state index is 0.0575. The van der Waals surface area contributed by atoms with E-state index in [1.54, 1.807) is 5.01 Å². The molecule has 4 nitrogen and oxygen atoms in total. The Morgan fingerprint density at radius 1 is 1.46 bits per heavy atom. The summed E-state index contributed by atoms with van der Waals surface area (Å²) in [6, 6.07) is -0.160. The molecule has 0 aromatic rings. The van der Waals surface area contributed by atoms with Gasteiger partial charge in [-0.05, 0) is 13.3 Å². The second-order valence-electron chi connectivity index (χ2n) is 3.39. The summed E-state index contributed by atoms with van der Waals surface area (Å²) in [7, 11) is 3.74. The summed E-state index contributed by atoms with van der Waals surface area (Å²) >= 11 is 0. The highest BCUT2D eigenvalue weighted by Crippen LogP contribution is 1.86. The third-order valence-corrected chi connectivity index (χ3v) is 1.67. The Morgan fingerprint density at radius 3 is 2.54 bits per heavy atom. The van der Waals surface area contributed by atoms with Crippen LogP contribution in [-0.2, 0) is 4.79 Å². The van der Waals surface area contributed by atoms with Crippen LogP contribution in [0.3, 0.4) is 0 Å². The number of hydrogen-bond acceptors (Lipinski definition) is 3. The summed E-state index contributed by atoms with van der Waals surface area (Å²) in [4.78, 5) is 11.4. The van der Waals surface area contributed by atoms with Crippen LogP contribution in [0.5, 0.6) is 0 Å². The molecular weight excluding hydrogens is 166 g/mol.